The Labute approximate surface area is 108 Å². The summed E-state index contributed by atoms with van der Waals surface area (Å²) in [6.07, 6.45) is -2.58. The molecule has 1 aliphatic carbocycles. The predicted octanol–water partition coefficient (Wildman–Crippen LogP) is 1.16. The van der Waals surface area contributed by atoms with Gasteiger partial charge in [-0.15, -0.1) is 0 Å². The number of hydrogen-bond donors (Lipinski definition) is 1. The first-order valence-electron chi connectivity index (χ1n) is 6.20. The maximum absolute atomic E-state index is 12.2. The van der Waals surface area contributed by atoms with Crippen LogP contribution in [0.5, 0.6) is 0 Å². The summed E-state index contributed by atoms with van der Waals surface area (Å²) in [6, 6.07) is -0.358. The summed E-state index contributed by atoms with van der Waals surface area (Å²) in [6.45, 7) is 0.122. The number of carbonyl (C=O) groups is 2. The molecule has 1 heterocycles. The van der Waals surface area contributed by atoms with Crippen LogP contribution in [0.1, 0.15) is 19.8 Å². The van der Waals surface area contributed by atoms with Crippen LogP contribution >= 0.6 is 0 Å². The van der Waals surface area contributed by atoms with E-state index in [2.05, 4.69) is 5.32 Å². The van der Waals surface area contributed by atoms with Crippen LogP contribution in [0.4, 0.5) is 18.0 Å². The molecule has 0 unspecified atom stereocenters. The first-order chi connectivity index (χ1) is 8.80. The lowest BCUT2D eigenvalue weighted by atomic mass is 10.3. The first kappa shape index (κ1) is 14.0. The molecule has 8 heteroatoms. The highest BCUT2D eigenvalue weighted by molar-refractivity contribution is 5.87. The monoisotopic (exact) mass is 279 g/mol. The van der Waals surface area contributed by atoms with Crippen molar-refractivity contribution >= 4 is 11.9 Å². The second kappa shape index (κ2) is 4.90. The number of nitrogens with one attached hydrogen (secondary N) is 1. The zero-order valence-corrected chi connectivity index (χ0v) is 10.5. The van der Waals surface area contributed by atoms with E-state index in [0.29, 0.717) is 10.8 Å². The van der Waals surface area contributed by atoms with E-state index in [9.17, 15) is 22.8 Å². The van der Waals surface area contributed by atoms with Gasteiger partial charge >= 0.3 is 12.2 Å². The average Bonchev–Trinajstić information content (AvgIpc) is 2.94. The molecule has 0 spiro atoms. The number of carbonyl (C=O) groups excluding carboxylic acids is 2. The lowest BCUT2D eigenvalue weighted by molar-refractivity contribution is -0.157. The van der Waals surface area contributed by atoms with Crippen LogP contribution in [0.3, 0.4) is 0 Å². The summed E-state index contributed by atoms with van der Waals surface area (Å²) in [5, 5.41) is 2.73. The van der Waals surface area contributed by atoms with E-state index >= 15 is 0 Å². The first-order valence-corrected chi connectivity index (χ1v) is 6.20. The third kappa shape index (κ3) is 3.51. The van der Waals surface area contributed by atoms with Gasteiger partial charge in [-0.1, -0.05) is 13.3 Å². The van der Waals surface area contributed by atoms with Crippen molar-refractivity contribution in [2.75, 3.05) is 19.8 Å². The highest BCUT2D eigenvalue weighted by Crippen LogP contribution is 2.33. The van der Waals surface area contributed by atoms with Gasteiger partial charge in [0.2, 0.25) is 5.91 Å². The van der Waals surface area contributed by atoms with Gasteiger partial charge in [0, 0.05) is 6.04 Å². The topological polar surface area (TPSA) is 52.7 Å². The van der Waals surface area contributed by atoms with Crippen LogP contribution in [0, 0.1) is 5.92 Å². The van der Waals surface area contributed by atoms with E-state index in [4.69, 9.17) is 0 Å². The van der Waals surface area contributed by atoms with Gasteiger partial charge in [-0.2, -0.15) is 13.2 Å². The van der Waals surface area contributed by atoms with Crippen molar-refractivity contribution < 1.29 is 22.8 Å². The third-order valence-corrected chi connectivity index (χ3v) is 3.43. The third-order valence-electron chi connectivity index (χ3n) is 3.43. The summed E-state index contributed by atoms with van der Waals surface area (Å²) in [7, 11) is 0. The van der Waals surface area contributed by atoms with E-state index in [0.717, 1.165) is 17.7 Å². The highest BCUT2D eigenvalue weighted by atomic mass is 19.4. The van der Waals surface area contributed by atoms with Gasteiger partial charge in [-0.3, -0.25) is 9.69 Å². The summed E-state index contributed by atoms with van der Waals surface area (Å²) in [4.78, 5) is 24.9. The summed E-state index contributed by atoms with van der Waals surface area (Å²) in [5.74, 6) is -0.219. The Morgan fingerprint density at radius 1 is 1.47 bits per heavy atom. The Balaban J connectivity index is 1.83. The van der Waals surface area contributed by atoms with Crippen molar-refractivity contribution in [1.82, 2.24) is 15.1 Å². The lowest BCUT2D eigenvalue weighted by Gasteiger charge is -2.19. The zero-order chi connectivity index (χ0) is 14.2. The summed E-state index contributed by atoms with van der Waals surface area (Å²) >= 11 is 0. The standard InChI is InChI=1S/C11H16F3N3O2/c1-2-7-3-8(7)15-10(19)16-4-9(18)17(6-16)5-11(12,13)14/h7-8H,2-6H2,1H3,(H,15,19)/t7-,8-/m1/s1. The molecule has 1 saturated carbocycles. The fourth-order valence-corrected chi connectivity index (χ4v) is 2.21. The van der Waals surface area contributed by atoms with Gasteiger partial charge in [0.1, 0.15) is 13.1 Å². The summed E-state index contributed by atoms with van der Waals surface area (Å²) < 4.78 is 36.6. The largest absolute Gasteiger partial charge is 0.406 e. The van der Waals surface area contributed by atoms with Gasteiger partial charge < -0.3 is 10.2 Å². The van der Waals surface area contributed by atoms with Crippen LogP contribution in [0.2, 0.25) is 0 Å². The highest BCUT2D eigenvalue weighted by Gasteiger charge is 2.41. The van der Waals surface area contributed by atoms with Gasteiger partial charge in [0.05, 0.1) is 6.67 Å². The predicted molar refractivity (Wildman–Crippen MR) is 60.1 cm³/mol. The average molecular weight is 279 g/mol. The minimum absolute atomic E-state index is 0.101. The zero-order valence-electron chi connectivity index (χ0n) is 10.5. The number of urea groups is 1. The minimum Gasteiger partial charge on any atom is -0.335 e. The van der Waals surface area contributed by atoms with Gasteiger partial charge in [0.15, 0.2) is 0 Å². The molecule has 108 valence electrons. The molecular formula is C11H16F3N3O2. The second-order valence-corrected chi connectivity index (χ2v) is 5.01. The van der Waals surface area contributed by atoms with E-state index in [-0.39, 0.29) is 19.3 Å². The molecule has 2 rings (SSSR count). The van der Waals surface area contributed by atoms with Gasteiger partial charge in [-0.25, -0.2) is 4.79 Å². The molecule has 5 nitrogen and oxygen atoms in total. The Morgan fingerprint density at radius 2 is 2.16 bits per heavy atom. The normalized spacial score (nSPS) is 26.8. The van der Waals surface area contributed by atoms with Crippen LogP contribution in [0.25, 0.3) is 0 Å². The molecule has 1 N–H and O–H groups in total. The summed E-state index contributed by atoms with van der Waals surface area (Å²) in [5.41, 5.74) is 0. The van der Waals surface area contributed by atoms with Crippen LogP contribution in [-0.2, 0) is 4.79 Å². The Kier molecular flexibility index (Phi) is 3.60. The molecule has 0 radical (unpaired) electrons. The maximum Gasteiger partial charge on any atom is 0.406 e. The fourth-order valence-electron chi connectivity index (χ4n) is 2.21. The number of hydrogen-bond acceptors (Lipinski definition) is 2. The number of alkyl halides is 3. The van der Waals surface area contributed by atoms with Gasteiger partial charge in [-0.05, 0) is 12.3 Å². The van der Waals surface area contributed by atoms with Crippen molar-refractivity contribution in [2.45, 2.75) is 32.0 Å². The van der Waals surface area contributed by atoms with Crippen molar-refractivity contribution in [1.29, 1.82) is 0 Å². The maximum atomic E-state index is 12.2. The van der Waals surface area contributed by atoms with E-state index < -0.39 is 24.7 Å². The SMILES string of the molecule is CC[C@@H]1C[C@H]1NC(=O)N1CC(=O)N(CC(F)(F)F)C1. The molecule has 0 aromatic heterocycles. The van der Waals surface area contributed by atoms with E-state index in [1.165, 1.54) is 0 Å². The molecule has 3 amide bonds. The van der Waals surface area contributed by atoms with E-state index in [1.54, 1.807) is 0 Å². The van der Waals surface area contributed by atoms with Crippen LogP contribution < -0.4 is 5.32 Å². The molecule has 1 saturated heterocycles. The van der Waals surface area contributed by atoms with Crippen molar-refractivity contribution in [3.63, 3.8) is 0 Å². The molecular weight excluding hydrogens is 263 g/mol. The smallest absolute Gasteiger partial charge is 0.335 e. The Hall–Kier alpha value is -1.47. The molecule has 2 fully saturated rings. The number of rotatable bonds is 3. The van der Waals surface area contributed by atoms with Crippen molar-refractivity contribution in [3.05, 3.63) is 0 Å². The molecule has 2 atom stereocenters. The molecule has 0 aromatic rings. The molecule has 0 aromatic carbocycles. The van der Waals surface area contributed by atoms with Crippen LogP contribution in [0.15, 0.2) is 0 Å². The number of nitrogens with zero attached hydrogens (tertiary/aromatic N) is 2. The molecule has 19 heavy (non-hydrogen) atoms. The Morgan fingerprint density at radius 3 is 2.68 bits per heavy atom. The number of halogens is 3. The molecule has 0 bridgehead atoms. The molecule has 1 aliphatic heterocycles. The van der Waals surface area contributed by atoms with E-state index in [1.807, 2.05) is 6.92 Å². The van der Waals surface area contributed by atoms with Crippen LogP contribution in [-0.4, -0.2) is 53.7 Å². The van der Waals surface area contributed by atoms with Crippen molar-refractivity contribution in [2.24, 2.45) is 5.92 Å². The van der Waals surface area contributed by atoms with Crippen molar-refractivity contribution in [3.8, 4) is 0 Å². The molecule has 2 aliphatic rings. The second-order valence-electron chi connectivity index (χ2n) is 5.01. The number of amides is 3. The quantitative estimate of drug-likeness (QED) is 0.843. The fraction of sp³-hybridized carbons (Fsp3) is 0.818. The Bertz CT molecular complexity index is 386. The minimum atomic E-state index is -4.44. The van der Waals surface area contributed by atoms with Gasteiger partial charge in [0.25, 0.3) is 0 Å². The lowest BCUT2D eigenvalue weighted by Crippen LogP contribution is -2.42.